The van der Waals surface area contributed by atoms with Crippen molar-refractivity contribution in [1.82, 2.24) is 5.32 Å². The standard InChI is InChI=1S/C11H10ClNO/c12-10-4-2-1-3-9(10)11-7-8(14)5-6-13-11/h1-6,11,13H,7H2/t11-/m1/s1. The van der Waals surface area contributed by atoms with Crippen molar-refractivity contribution >= 4 is 17.4 Å². The molecule has 0 radical (unpaired) electrons. The van der Waals surface area contributed by atoms with Crippen LogP contribution < -0.4 is 5.32 Å². The Labute approximate surface area is 87.6 Å². The first-order chi connectivity index (χ1) is 6.77. The highest BCUT2D eigenvalue weighted by atomic mass is 35.5. The number of rotatable bonds is 1. The lowest BCUT2D eigenvalue weighted by atomic mass is 9.99. The lowest BCUT2D eigenvalue weighted by Crippen LogP contribution is -2.23. The highest BCUT2D eigenvalue weighted by Gasteiger charge is 2.18. The van der Waals surface area contributed by atoms with Gasteiger partial charge < -0.3 is 5.32 Å². The molecule has 2 rings (SSSR count). The van der Waals surface area contributed by atoms with Gasteiger partial charge in [0.2, 0.25) is 0 Å². The minimum atomic E-state index is 0.0150. The molecular weight excluding hydrogens is 198 g/mol. The lowest BCUT2D eigenvalue weighted by molar-refractivity contribution is -0.115. The van der Waals surface area contributed by atoms with E-state index in [9.17, 15) is 4.79 Å². The molecule has 1 N–H and O–H groups in total. The maximum atomic E-state index is 11.2. The second kappa shape index (κ2) is 3.84. The number of benzene rings is 1. The molecule has 0 amide bonds. The number of nitrogens with one attached hydrogen (secondary N) is 1. The molecule has 1 aliphatic heterocycles. The van der Waals surface area contributed by atoms with Crippen LogP contribution in [0.15, 0.2) is 36.5 Å². The van der Waals surface area contributed by atoms with Crippen LogP contribution in [0.5, 0.6) is 0 Å². The molecule has 0 spiro atoms. The molecule has 0 unspecified atom stereocenters. The Morgan fingerprint density at radius 3 is 2.86 bits per heavy atom. The van der Waals surface area contributed by atoms with Gasteiger partial charge in [-0.25, -0.2) is 0 Å². The first-order valence-corrected chi connectivity index (χ1v) is 4.85. The largest absolute Gasteiger partial charge is 0.383 e. The molecule has 0 saturated carbocycles. The van der Waals surface area contributed by atoms with Crippen molar-refractivity contribution in [2.24, 2.45) is 0 Å². The van der Waals surface area contributed by atoms with E-state index in [1.54, 1.807) is 12.3 Å². The Morgan fingerprint density at radius 1 is 1.36 bits per heavy atom. The maximum Gasteiger partial charge on any atom is 0.159 e. The van der Waals surface area contributed by atoms with Crippen molar-refractivity contribution in [3.05, 3.63) is 47.1 Å². The molecule has 0 bridgehead atoms. The fourth-order valence-electron chi connectivity index (χ4n) is 1.54. The van der Waals surface area contributed by atoms with E-state index >= 15 is 0 Å². The van der Waals surface area contributed by atoms with Crippen LogP contribution in [0.25, 0.3) is 0 Å². The normalized spacial score (nSPS) is 20.6. The zero-order valence-electron chi connectivity index (χ0n) is 7.53. The van der Waals surface area contributed by atoms with Gasteiger partial charge in [0.05, 0.1) is 6.04 Å². The summed E-state index contributed by atoms with van der Waals surface area (Å²) in [7, 11) is 0. The highest BCUT2D eigenvalue weighted by Crippen LogP contribution is 2.26. The average Bonchev–Trinajstić information content (AvgIpc) is 2.18. The first kappa shape index (κ1) is 9.28. The van der Waals surface area contributed by atoms with E-state index < -0.39 is 0 Å². The summed E-state index contributed by atoms with van der Waals surface area (Å²) < 4.78 is 0. The Kier molecular flexibility index (Phi) is 2.55. The molecule has 1 aromatic rings. The van der Waals surface area contributed by atoms with Gasteiger partial charge in [-0.3, -0.25) is 4.79 Å². The predicted molar refractivity (Wildman–Crippen MR) is 56.1 cm³/mol. The summed E-state index contributed by atoms with van der Waals surface area (Å²) in [4.78, 5) is 11.2. The highest BCUT2D eigenvalue weighted by molar-refractivity contribution is 6.31. The Morgan fingerprint density at radius 2 is 2.14 bits per heavy atom. The van der Waals surface area contributed by atoms with Gasteiger partial charge in [-0.05, 0) is 17.7 Å². The quantitative estimate of drug-likeness (QED) is 0.767. The molecule has 1 aromatic carbocycles. The average molecular weight is 208 g/mol. The smallest absolute Gasteiger partial charge is 0.159 e. The zero-order valence-corrected chi connectivity index (χ0v) is 8.29. The van der Waals surface area contributed by atoms with Crippen molar-refractivity contribution in [2.45, 2.75) is 12.5 Å². The molecular formula is C11H10ClNO. The molecule has 0 saturated heterocycles. The van der Waals surface area contributed by atoms with E-state index in [0.29, 0.717) is 11.4 Å². The number of hydrogen-bond acceptors (Lipinski definition) is 2. The fourth-order valence-corrected chi connectivity index (χ4v) is 1.81. The second-order valence-corrected chi connectivity index (χ2v) is 3.65. The predicted octanol–water partition coefficient (Wildman–Crippen LogP) is 2.46. The number of ketones is 1. The summed E-state index contributed by atoms with van der Waals surface area (Å²) in [5, 5.41) is 3.82. The van der Waals surface area contributed by atoms with E-state index in [1.807, 2.05) is 24.3 Å². The number of hydrogen-bond donors (Lipinski definition) is 1. The monoisotopic (exact) mass is 207 g/mol. The summed E-state index contributed by atoms with van der Waals surface area (Å²) >= 11 is 6.03. The molecule has 1 atom stereocenters. The van der Waals surface area contributed by atoms with Gasteiger partial charge in [0, 0.05) is 17.6 Å². The molecule has 0 aliphatic carbocycles. The number of carbonyl (C=O) groups excluding carboxylic acids is 1. The van der Waals surface area contributed by atoms with Gasteiger partial charge in [0.25, 0.3) is 0 Å². The van der Waals surface area contributed by atoms with Crippen molar-refractivity contribution in [1.29, 1.82) is 0 Å². The molecule has 0 aromatic heterocycles. The van der Waals surface area contributed by atoms with Crippen molar-refractivity contribution in [3.63, 3.8) is 0 Å². The van der Waals surface area contributed by atoms with E-state index in [4.69, 9.17) is 11.6 Å². The fraction of sp³-hybridized carbons (Fsp3) is 0.182. The van der Waals surface area contributed by atoms with Gasteiger partial charge >= 0.3 is 0 Å². The van der Waals surface area contributed by atoms with E-state index in [-0.39, 0.29) is 11.8 Å². The second-order valence-electron chi connectivity index (χ2n) is 3.24. The summed E-state index contributed by atoms with van der Waals surface area (Å²) in [6, 6.07) is 7.59. The van der Waals surface area contributed by atoms with Gasteiger partial charge in [0.15, 0.2) is 5.78 Å². The van der Waals surface area contributed by atoms with E-state index in [0.717, 1.165) is 5.56 Å². The first-order valence-electron chi connectivity index (χ1n) is 4.47. The number of allylic oxidation sites excluding steroid dienone is 1. The van der Waals surface area contributed by atoms with Gasteiger partial charge in [-0.2, -0.15) is 0 Å². The minimum Gasteiger partial charge on any atom is -0.383 e. The van der Waals surface area contributed by atoms with Gasteiger partial charge in [0.1, 0.15) is 0 Å². The van der Waals surface area contributed by atoms with Crippen LogP contribution in [-0.4, -0.2) is 5.78 Å². The number of halogens is 1. The number of carbonyl (C=O) groups is 1. The summed E-state index contributed by atoms with van der Waals surface area (Å²) in [5.74, 6) is 0.133. The third kappa shape index (κ3) is 1.80. The molecule has 2 nitrogen and oxygen atoms in total. The third-order valence-electron chi connectivity index (χ3n) is 2.25. The zero-order chi connectivity index (χ0) is 9.97. The van der Waals surface area contributed by atoms with Gasteiger partial charge in [-0.15, -0.1) is 0 Å². The molecule has 14 heavy (non-hydrogen) atoms. The summed E-state index contributed by atoms with van der Waals surface area (Å²) in [5.41, 5.74) is 0.979. The topological polar surface area (TPSA) is 29.1 Å². The third-order valence-corrected chi connectivity index (χ3v) is 2.60. The van der Waals surface area contributed by atoms with E-state index in [1.165, 1.54) is 0 Å². The molecule has 1 heterocycles. The Bertz CT molecular complexity index is 387. The van der Waals surface area contributed by atoms with Crippen LogP contribution in [-0.2, 0) is 4.79 Å². The minimum absolute atomic E-state index is 0.0150. The van der Waals surface area contributed by atoms with Crippen molar-refractivity contribution in [3.8, 4) is 0 Å². The van der Waals surface area contributed by atoms with Gasteiger partial charge in [-0.1, -0.05) is 29.8 Å². The molecule has 0 fully saturated rings. The van der Waals surface area contributed by atoms with Crippen LogP contribution >= 0.6 is 11.6 Å². The molecule has 1 aliphatic rings. The van der Waals surface area contributed by atoms with Crippen molar-refractivity contribution in [2.75, 3.05) is 0 Å². The van der Waals surface area contributed by atoms with Crippen molar-refractivity contribution < 1.29 is 4.79 Å². The van der Waals surface area contributed by atoms with Crippen LogP contribution in [0.4, 0.5) is 0 Å². The lowest BCUT2D eigenvalue weighted by Gasteiger charge is -2.20. The maximum absolute atomic E-state index is 11.2. The summed E-state index contributed by atoms with van der Waals surface area (Å²) in [6.45, 7) is 0. The van der Waals surface area contributed by atoms with Crippen LogP contribution in [0, 0.1) is 0 Å². The van der Waals surface area contributed by atoms with Crippen LogP contribution in [0.1, 0.15) is 18.0 Å². The summed E-state index contributed by atoms with van der Waals surface area (Å²) in [6.07, 6.45) is 3.70. The SMILES string of the molecule is O=C1C=CN[C@@H](c2ccccc2Cl)C1. The van der Waals surface area contributed by atoms with Crippen LogP contribution in [0.3, 0.4) is 0 Å². The Hall–Kier alpha value is -1.28. The Balaban J connectivity index is 2.28. The molecule has 3 heteroatoms. The van der Waals surface area contributed by atoms with Crippen LogP contribution in [0.2, 0.25) is 5.02 Å². The van der Waals surface area contributed by atoms with E-state index in [2.05, 4.69) is 5.32 Å². The molecule has 72 valence electrons.